The smallest absolute Gasteiger partial charge is 0.139 e. The van der Waals surface area contributed by atoms with Gasteiger partial charge in [0.1, 0.15) is 5.78 Å². The predicted octanol–water partition coefficient (Wildman–Crippen LogP) is 5.24. The van der Waals surface area contributed by atoms with Gasteiger partial charge in [-0.25, -0.2) is 0 Å². The van der Waals surface area contributed by atoms with Crippen molar-refractivity contribution in [1.29, 1.82) is 0 Å². The van der Waals surface area contributed by atoms with Crippen LogP contribution in [-0.4, -0.2) is 5.78 Å². The first-order valence-electron chi connectivity index (χ1n) is 8.25. The van der Waals surface area contributed by atoms with Crippen LogP contribution in [0, 0.1) is 5.41 Å². The summed E-state index contributed by atoms with van der Waals surface area (Å²) in [5.41, 5.74) is 2.16. The molecule has 2 rings (SSSR count). The molecule has 0 aliphatic carbocycles. The van der Waals surface area contributed by atoms with Gasteiger partial charge in [0.25, 0.3) is 0 Å². The van der Waals surface area contributed by atoms with Gasteiger partial charge in [-0.05, 0) is 30.4 Å². The third kappa shape index (κ3) is 4.56. The average Bonchev–Trinajstić information content (AvgIpc) is 2.54. The quantitative estimate of drug-likeness (QED) is 0.651. The second kappa shape index (κ2) is 7.93. The number of carbonyl (C=O) groups is 1. The molecule has 0 spiro atoms. The Labute approximate surface area is 134 Å². The van der Waals surface area contributed by atoms with Crippen molar-refractivity contribution in [2.45, 2.75) is 46.0 Å². The highest BCUT2D eigenvalue weighted by Crippen LogP contribution is 2.30. The molecule has 2 aromatic rings. The van der Waals surface area contributed by atoms with Gasteiger partial charge in [0.05, 0.1) is 0 Å². The van der Waals surface area contributed by atoms with Crippen LogP contribution in [0.3, 0.4) is 0 Å². The molecule has 0 atom stereocenters. The zero-order valence-electron chi connectivity index (χ0n) is 13.7. The molecule has 22 heavy (non-hydrogen) atoms. The van der Waals surface area contributed by atoms with Crippen molar-refractivity contribution in [2.24, 2.45) is 5.41 Å². The number of rotatable bonds is 8. The standard InChI is InChI=1S/C21H26O/c1-3-4-15-20(22)21(2,16-18-11-7-5-8-12-18)17-19-13-9-6-10-14-19/h5-14H,3-4,15-17H2,1-2H3. The summed E-state index contributed by atoms with van der Waals surface area (Å²) in [5, 5.41) is 0. The highest BCUT2D eigenvalue weighted by Gasteiger charge is 2.32. The highest BCUT2D eigenvalue weighted by atomic mass is 16.1. The zero-order valence-corrected chi connectivity index (χ0v) is 13.7. The lowest BCUT2D eigenvalue weighted by atomic mass is 9.73. The van der Waals surface area contributed by atoms with Crippen molar-refractivity contribution in [3.63, 3.8) is 0 Å². The number of unbranched alkanes of at least 4 members (excludes halogenated alkanes) is 1. The summed E-state index contributed by atoms with van der Waals surface area (Å²) < 4.78 is 0. The predicted molar refractivity (Wildman–Crippen MR) is 92.9 cm³/mol. The minimum atomic E-state index is -0.322. The number of hydrogen-bond donors (Lipinski definition) is 0. The van der Waals surface area contributed by atoms with E-state index in [1.807, 2.05) is 12.1 Å². The van der Waals surface area contributed by atoms with E-state index in [-0.39, 0.29) is 5.41 Å². The molecule has 0 saturated heterocycles. The Hall–Kier alpha value is -1.89. The third-order valence-electron chi connectivity index (χ3n) is 4.30. The van der Waals surface area contributed by atoms with Gasteiger partial charge in [-0.15, -0.1) is 0 Å². The third-order valence-corrected chi connectivity index (χ3v) is 4.30. The molecule has 0 saturated carbocycles. The summed E-state index contributed by atoms with van der Waals surface area (Å²) in [6.45, 7) is 4.27. The molecule has 0 aliphatic rings. The van der Waals surface area contributed by atoms with E-state index in [0.717, 1.165) is 25.7 Å². The Kier molecular flexibility index (Phi) is 5.94. The van der Waals surface area contributed by atoms with Crippen LogP contribution < -0.4 is 0 Å². The van der Waals surface area contributed by atoms with E-state index in [4.69, 9.17) is 0 Å². The first-order chi connectivity index (χ1) is 10.6. The molecule has 0 aromatic heterocycles. The van der Waals surface area contributed by atoms with Crippen molar-refractivity contribution in [3.8, 4) is 0 Å². The molecule has 0 heterocycles. The van der Waals surface area contributed by atoms with Crippen molar-refractivity contribution >= 4 is 5.78 Å². The molecule has 0 amide bonds. The molecule has 1 heteroatoms. The van der Waals surface area contributed by atoms with Gasteiger partial charge in [0, 0.05) is 11.8 Å². The van der Waals surface area contributed by atoms with Gasteiger partial charge in [-0.1, -0.05) is 80.9 Å². The fourth-order valence-electron chi connectivity index (χ4n) is 2.99. The fraction of sp³-hybridized carbons (Fsp3) is 0.381. The van der Waals surface area contributed by atoms with Crippen LogP contribution in [0.2, 0.25) is 0 Å². The molecule has 2 aromatic carbocycles. The second-order valence-corrected chi connectivity index (χ2v) is 6.41. The molecule has 0 unspecified atom stereocenters. The lowest BCUT2D eigenvalue weighted by molar-refractivity contribution is -0.128. The van der Waals surface area contributed by atoms with Gasteiger partial charge in [0.15, 0.2) is 0 Å². The van der Waals surface area contributed by atoms with Crippen LogP contribution in [0.15, 0.2) is 60.7 Å². The van der Waals surface area contributed by atoms with E-state index < -0.39 is 0 Å². The zero-order chi connectivity index (χ0) is 15.8. The number of hydrogen-bond acceptors (Lipinski definition) is 1. The highest BCUT2D eigenvalue weighted by molar-refractivity contribution is 5.85. The maximum absolute atomic E-state index is 12.8. The van der Waals surface area contributed by atoms with Crippen LogP contribution in [0.4, 0.5) is 0 Å². The Morgan fingerprint density at radius 3 is 1.73 bits per heavy atom. The topological polar surface area (TPSA) is 17.1 Å². The van der Waals surface area contributed by atoms with Crippen LogP contribution >= 0.6 is 0 Å². The summed E-state index contributed by atoms with van der Waals surface area (Å²) in [5.74, 6) is 0.391. The van der Waals surface area contributed by atoms with Gasteiger partial charge in [-0.3, -0.25) is 4.79 Å². The second-order valence-electron chi connectivity index (χ2n) is 6.41. The SMILES string of the molecule is CCCCC(=O)C(C)(Cc1ccccc1)Cc1ccccc1. The largest absolute Gasteiger partial charge is 0.299 e. The molecule has 0 bridgehead atoms. The maximum Gasteiger partial charge on any atom is 0.139 e. The Balaban J connectivity index is 2.21. The first-order valence-corrected chi connectivity index (χ1v) is 8.25. The lowest BCUT2D eigenvalue weighted by Gasteiger charge is -2.29. The molecule has 1 nitrogen and oxygen atoms in total. The Bertz CT molecular complexity index is 530. The van der Waals surface area contributed by atoms with E-state index in [0.29, 0.717) is 12.2 Å². The number of ketones is 1. The Morgan fingerprint density at radius 1 is 0.864 bits per heavy atom. The number of carbonyl (C=O) groups excluding carboxylic acids is 1. The minimum Gasteiger partial charge on any atom is -0.299 e. The lowest BCUT2D eigenvalue weighted by Crippen LogP contribution is -2.32. The molecular formula is C21H26O. The van der Waals surface area contributed by atoms with Crippen LogP contribution in [0.5, 0.6) is 0 Å². The van der Waals surface area contributed by atoms with Crippen molar-refractivity contribution in [2.75, 3.05) is 0 Å². The van der Waals surface area contributed by atoms with E-state index >= 15 is 0 Å². The van der Waals surface area contributed by atoms with Gasteiger partial charge in [0.2, 0.25) is 0 Å². The first kappa shape index (κ1) is 16.5. The van der Waals surface area contributed by atoms with Crippen molar-refractivity contribution < 1.29 is 4.79 Å². The minimum absolute atomic E-state index is 0.322. The summed E-state index contributed by atoms with van der Waals surface area (Å²) in [4.78, 5) is 12.8. The van der Waals surface area contributed by atoms with Crippen molar-refractivity contribution in [1.82, 2.24) is 0 Å². The molecule has 0 N–H and O–H groups in total. The molecule has 0 fully saturated rings. The van der Waals surface area contributed by atoms with Gasteiger partial charge < -0.3 is 0 Å². The van der Waals surface area contributed by atoms with E-state index in [9.17, 15) is 4.79 Å². The van der Waals surface area contributed by atoms with Crippen LogP contribution in [0.1, 0.15) is 44.2 Å². The Morgan fingerprint density at radius 2 is 1.32 bits per heavy atom. The van der Waals surface area contributed by atoms with E-state index in [1.165, 1.54) is 11.1 Å². The summed E-state index contributed by atoms with van der Waals surface area (Å²) >= 11 is 0. The maximum atomic E-state index is 12.8. The van der Waals surface area contributed by atoms with E-state index in [1.54, 1.807) is 0 Å². The van der Waals surface area contributed by atoms with Crippen LogP contribution in [0.25, 0.3) is 0 Å². The van der Waals surface area contributed by atoms with Crippen LogP contribution in [-0.2, 0) is 17.6 Å². The molecule has 0 radical (unpaired) electrons. The molecular weight excluding hydrogens is 268 g/mol. The summed E-state index contributed by atoms with van der Waals surface area (Å²) in [6.07, 6.45) is 4.36. The van der Waals surface area contributed by atoms with E-state index in [2.05, 4.69) is 62.4 Å². The number of benzene rings is 2. The average molecular weight is 294 g/mol. The summed E-state index contributed by atoms with van der Waals surface area (Å²) in [7, 11) is 0. The van der Waals surface area contributed by atoms with Crippen molar-refractivity contribution in [3.05, 3.63) is 71.8 Å². The van der Waals surface area contributed by atoms with Gasteiger partial charge >= 0.3 is 0 Å². The number of Topliss-reactive ketones (excluding diaryl/α,β-unsaturated/α-hetero) is 1. The molecule has 116 valence electrons. The normalized spacial score (nSPS) is 11.4. The summed E-state index contributed by atoms with van der Waals surface area (Å²) in [6, 6.07) is 20.7. The van der Waals surface area contributed by atoms with Gasteiger partial charge in [-0.2, -0.15) is 0 Å². The monoisotopic (exact) mass is 294 g/mol. The molecule has 0 aliphatic heterocycles. The fourth-order valence-corrected chi connectivity index (χ4v) is 2.99.